The average molecular weight is 278 g/mol. The molecule has 2 aliphatic rings. The number of methoxy groups -OCH3 is 1. The molecule has 5 nitrogen and oxygen atoms in total. The predicted octanol–water partition coefficient (Wildman–Crippen LogP) is 0.790. The van der Waals surface area contributed by atoms with Gasteiger partial charge in [0.15, 0.2) is 6.29 Å². The minimum Gasteiger partial charge on any atom is -0.380 e. The molecule has 1 unspecified atom stereocenters. The quantitative estimate of drug-likeness (QED) is 0.836. The number of fused-ring (bicyclic) bond motifs is 1. The Morgan fingerprint density at radius 1 is 1.15 bits per heavy atom. The monoisotopic (exact) mass is 278 g/mol. The fraction of sp³-hybridized carbons (Fsp3) is 0.600. The van der Waals surface area contributed by atoms with Crippen molar-refractivity contribution in [3.8, 4) is 0 Å². The molecule has 1 aromatic carbocycles. The molecule has 0 radical (unpaired) electrons. The molecule has 0 bridgehead atoms. The van der Waals surface area contributed by atoms with Gasteiger partial charge in [0, 0.05) is 30.7 Å². The van der Waals surface area contributed by atoms with Crippen molar-refractivity contribution in [1.82, 2.24) is 0 Å². The SMILES string of the molecule is CO[C@@H]1C[C@@H]2COC(c3ccccc3)O[C@H]2[C@H](N)[C@H]1N. The first-order chi connectivity index (χ1) is 9.70. The summed E-state index contributed by atoms with van der Waals surface area (Å²) in [6, 6.07) is 9.49. The third-order valence-electron chi connectivity index (χ3n) is 4.37. The molecule has 1 aliphatic heterocycles. The summed E-state index contributed by atoms with van der Waals surface area (Å²) < 4.78 is 17.3. The van der Waals surface area contributed by atoms with Crippen LogP contribution in [0.4, 0.5) is 0 Å². The zero-order valence-electron chi connectivity index (χ0n) is 11.6. The Morgan fingerprint density at radius 3 is 2.60 bits per heavy atom. The Balaban J connectivity index is 1.74. The maximum absolute atomic E-state index is 6.25. The first kappa shape index (κ1) is 14.0. The summed E-state index contributed by atoms with van der Waals surface area (Å²) in [6.07, 6.45) is 0.384. The van der Waals surface area contributed by atoms with Crippen LogP contribution >= 0.6 is 0 Å². The molecule has 1 aromatic rings. The van der Waals surface area contributed by atoms with Crippen LogP contribution in [0.15, 0.2) is 30.3 Å². The molecule has 110 valence electrons. The van der Waals surface area contributed by atoms with E-state index in [9.17, 15) is 0 Å². The highest BCUT2D eigenvalue weighted by atomic mass is 16.7. The molecular weight excluding hydrogens is 256 g/mol. The van der Waals surface area contributed by atoms with Crippen LogP contribution in [0.25, 0.3) is 0 Å². The van der Waals surface area contributed by atoms with Gasteiger partial charge < -0.3 is 25.7 Å². The largest absolute Gasteiger partial charge is 0.380 e. The van der Waals surface area contributed by atoms with Gasteiger partial charge in [0.25, 0.3) is 0 Å². The van der Waals surface area contributed by atoms with Crippen LogP contribution in [-0.2, 0) is 14.2 Å². The minimum atomic E-state index is -0.352. The van der Waals surface area contributed by atoms with E-state index < -0.39 is 0 Å². The first-order valence-electron chi connectivity index (χ1n) is 7.06. The highest BCUT2D eigenvalue weighted by Gasteiger charge is 2.46. The van der Waals surface area contributed by atoms with Gasteiger partial charge in [0.1, 0.15) is 0 Å². The zero-order chi connectivity index (χ0) is 14.1. The van der Waals surface area contributed by atoms with Crippen LogP contribution in [0.5, 0.6) is 0 Å². The summed E-state index contributed by atoms with van der Waals surface area (Å²) >= 11 is 0. The summed E-state index contributed by atoms with van der Waals surface area (Å²) in [4.78, 5) is 0. The molecule has 0 spiro atoms. The Morgan fingerprint density at radius 2 is 1.90 bits per heavy atom. The lowest BCUT2D eigenvalue weighted by Crippen LogP contribution is -2.64. The standard InChI is InChI=1S/C15H22N2O3/c1-18-11-7-10-8-19-15(9-5-3-2-4-6-9)20-14(10)13(17)12(11)16/h2-6,10-15H,7-8,16-17H2,1H3/t10-,11-,12+,13-,14-,15?/m1/s1. The number of hydrogen-bond acceptors (Lipinski definition) is 5. The summed E-state index contributed by atoms with van der Waals surface area (Å²) in [5, 5.41) is 0. The van der Waals surface area contributed by atoms with Crippen LogP contribution in [0.1, 0.15) is 18.3 Å². The van der Waals surface area contributed by atoms with Crippen molar-refractivity contribution in [1.29, 1.82) is 0 Å². The van der Waals surface area contributed by atoms with E-state index in [1.165, 1.54) is 0 Å². The van der Waals surface area contributed by atoms with Gasteiger partial charge in [-0.2, -0.15) is 0 Å². The second kappa shape index (κ2) is 5.79. The minimum absolute atomic E-state index is 0.0216. The fourth-order valence-corrected chi connectivity index (χ4v) is 3.17. The predicted molar refractivity (Wildman–Crippen MR) is 74.9 cm³/mol. The maximum Gasteiger partial charge on any atom is 0.184 e. The molecule has 0 aromatic heterocycles. The second-order valence-electron chi connectivity index (χ2n) is 5.60. The third kappa shape index (κ3) is 2.47. The summed E-state index contributed by atoms with van der Waals surface area (Å²) in [7, 11) is 1.68. The molecule has 4 N–H and O–H groups in total. The summed E-state index contributed by atoms with van der Waals surface area (Å²) in [5.41, 5.74) is 13.4. The molecule has 6 atom stereocenters. The van der Waals surface area contributed by atoms with Crippen LogP contribution in [0.2, 0.25) is 0 Å². The van der Waals surface area contributed by atoms with E-state index in [1.54, 1.807) is 7.11 Å². The zero-order valence-corrected chi connectivity index (χ0v) is 11.6. The van der Waals surface area contributed by atoms with Crippen molar-refractivity contribution in [2.75, 3.05) is 13.7 Å². The van der Waals surface area contributed by atoms with Gasteiger partial charge in [-0.1, -0.05) is 30.3 Å². The number of ether oxygens (including phenoxy) is 3. The van der Waals surface area contributed by atoms with E-state index in [-0.39, 0.29) is 36.5 Å². The van der Waals surface area contributed by atoms with Gasteiger partial charge >= 0.3 is 0 Å². The normalized spacial score (nSPS) is 41.1. The molecule has 3 rings (SSSR count). The lowest BCUT2D eigenvalue weighted by molar-refractivity contribution is -0.261. The van der Waals surface area contributed by atoms with E-state index in [0.29, 0.717) is 6.61 Å². The maximum atomic E-state index is 6.25. The molecular formula is C15H22N2O3. The van der Waals surface area contributed by atoms with Gasteiger partial charge in [-0.05, 0) is 6.42 Å². The van der Waals surface area contributed by atoms with Crippen LogP contribution in [0, 0.1) is 5.92 Å². The number of rotatable bonds is 2. The fourth-order valence-electron chi connectivity index (χ4n) is 3.17. The highest BCUT2D eigenvalue weighted by Crippen LogP contribution is 2.36. The van der Waals surface area contributed by atoms with Crippen molar-refractivity contribution < 1.29 is 14.2 Å². The van der Waals surface area contributed by atoms with Gasteiger partial charge in [0.05, 0.1) is 18.8 Å². The van der Waals surface area contributed by atoms with E-state index in [0.717, 1.165) is 12.0 Å². The highest BCUT2D eigenvalue weighted by molar-refractivity contribution is 5.16. The first-order valence-corrected chi connectivity index (χ1v) is 7.06. The van der Waals surface area contributed by atoms with Crippen molar-refractivity contribution >= 4 is 0 Å². The summed E-state index contributed by atoms with van der Waals surface area (Å²) in [6.45, 7) is 0.629. The topological polar surface area (TPSA) is 79.7 Å². The van der Waals surface area contributed by atoms with Crippen LogP contribution < -0.4 is 11.5 Å². The molecule has 1 saturated heterocycles. The average Bonchev–Trinajstić information content (AvgIpc) is 2.51. The van der Waals surface area contributed by atoms with E-state index >= 15 is 0 Å². The van der Waals surface area contributed by atoms with Gasteiger partial charge in [-0.3, -0.25) is 0 Å². The van der Waals surface area contributed by atoms with Gasteiger partial charge in [0.2, 0.25) is 0 Å². The molecule has 1 aliphatic carbocycles. The van der Waals surface area contributed by atoms with Crippen LogP contribution in [0.3, 0.4) is 0 Å². The second-order valence-corrected chi connectivity index (χ2v) is 5.60. The molecule has 0 amide bonds. The number of benzene rings is 1. The van der Waals surface area contributed by atoms with E-state index in [4.69, 9.17) is 25.7 Å². The smallest absolute Gasteiger partial charge is 0.184 e. The number of nitrogens with two attached hydrogens (primary N) is 2. The van der Waals surface area contributed by atoms with Crippen molar-refractivity contribution in [2.24, 2.45) is 17.4 Å². The Hall–Kier alpha value is -0.980. The van der Waals surface area contributed by atoms with Crippen molar-refractivity contribution in [3.05, 3.63) is 35.9 Å². The van der Waals surface area contributed by atoms with Crippen LogP contribution in [-0.4, -0.2) is 38.0 Å². The number of hydrogen-bond donors (Lipinski definition) is 2. The molecule has 5 heteroatoms. The Bertz CT molecular complexity index is 440. The molecule has 2 fully saturated rings. The van der Waals surface area contributed by atoms with Gasteiger partial charge in [-0.15, -0.1) is 0 Å². The Kier molecular flexibility index (Phi) is 4.05. The molecule has 20 heavy (non-hydrogen) atoms. The van der Waals surface area contributed by atoms with E-state index in [2.05, 4.69) is 0 Å². The third-order valence-corrected chi connectivity index (χ3v) is 4.37. The Labute approximate surface area is 119 Å². The summed E-state index contributed by atoms with van der Waals surface area (Å²) in [5.74, 6) is 0.245. The lowest BCUT2D eigenvalue weighted by Gasteiger charge is -2.47. The molecule has 1 heterocycles. The molecule has 1 saturated carbocycles. The van der Waals surface area contributed by atoms with Gasteiger partial charge in [-0.25, -0.2) is 0 Å². The lowest BCUT2D eigenvalue weighted by atomic mass is 9.78. The van der Waals surface area contributed by atoms with Crippen molar-refractivity contribution in [3.63, 3.8) is 0 Å². The van der Waals surface area contributed by atoms with Crippen molar-refractivity contribution in [2.45, 2.75) is 37.0 Å². The van der Waals surface area contributed by atoms with E-state index in [1.807, 2.05) is 30.3 Å².